The molecule has 2 aromatic rings. The standard InChI is InChI=1S/C15H13NO4/c1-9-8-10(15(18)19)2-5-12(9)13-6-3-11(20-13)4-7-14(16)17/h2-8H,1H3,(H2,16,17)(H,18,19)/b7-4-. The number of furan rings is 1. The van der Waals surface area contributed by atoms with Gasteiger partial charge in [-0.1, -0.05) is 6.07 Å². The van der Waals surface area contributed by atoms with E-state index in [9.17, 15) is 9.59 Å². The van der Waals surface area contributed by atoms with E-state index in [1.807, 2.05) is 6.92 Å². The first-order valence-corrected chi connectivity index (χ1v) is 5.89. The Morgan fingerprint density at radius 1 is 1.25 bits per heavy atom. The Balaban J connectivity index is 2.33. The lowest BCUT2D eigenvalue weighted by molar-refractivity contribution is -0.113. The van der Waals surface area contributed by atoms with Crippen molar-refractivity contribution in [2.24, 2.45) is 5.73 Å². The first-order valence-electron chi connectivity index (χ1n) is 5.89. The van der Waals surface area contributed by atoms with Crippen LogP contribution in [0.2, 0.25) is 0 Å². The number of benzene rings is 1. The summed E-state index contributed by atoms with van der Waals surface area (Å²) in [6, 6.07) is 8.26. The van der Waals surface area contributed by atoms with Gasteiger partial charge in [-0.2, -0.15) is 0 Å². The van der Waals surface area contributed by atoms with E-state index in [0.29, 0.717) is 11.5 Å². The summed E-state index contributed by atoms with van der Waals surface area (Å²) in [5.74, 6) is -0.418. The van der Waals surface area contributed by atoms with Gasteiger partial charge in [0.15, 0.2) is 0 Å². The number of nitrogens with two attached hydrogens (primary N) is 1. The molecule has 0 saturated carbocycles. The molecule has 5 nitrogen and oxygen atoms in total. The van der Waals surface area contributed by atoms with E-state index in [4.69, 9.17) is 15.3 Å². The lowest BCUT2D eigenvalue weighted by atomic mass is 10.0. The first kappa shape index (κ1) is 13.6. The number of carbonyl (C=O) groups is 2. The summed E-state index contributed by atoms with van der Waals surface area (Å²) >= 11 is 0. The van der Waals surface area contributed by atoms with Crippen molar-refractivity contribution < 1.29 is 19.1 Å². The molecule has 0 aliphatic rings. The third-order valence-electron chi connectivity index (χ3n) is 2.78. The van der Waals surface area contributed by atoms with E-state index in [1.165, 1.54) is 18.2 Å². The van der Waals surface area contributed by atoms with Gasteiger partial charge in [-0.3, -0.25) is 4.79 Å². The molecule has 0 fully saturated rings. The molecule has 5 heteroatoms. The summed E-state index contributed by atoms with van der Waals surface area (Å²) in [5, 5.41) is 8.92. The average molecular weight is 271 g/mol. The number of aryl methyl sites for hydroxylation is 1. The van der Waals surface area contributed by atoms with Gasteiger partial charge in [0.2, 0.25) is 5.91 Å². The fourth-order valence-electron chi connectivity index (χ4n) is 1.82. The molecule has 0 saturated heterocycles. The second kappa shape index (κ2) is 5.44. The molecule has 0 unspecified atom stereocenters. The van der Waals surface area contributed by atoms with Crippen molar-refractivity contribution in [3.05, 3.63) is 53.3 Å². The zero-order valence-electron chi connectivity index (χ0n) is 10.8. The minimum Gasteiger partial charge on any atom is -0.478 e. The molecule has 2 rings (SSSR count). The zero-order valence-corrected chi connectivity index (χ0v) is 10.8. The minimum absolute atomic E-state index is 0.228. The predicted molar refractivity (Wildman–Crippen MR) is 74.1 cm³/mol. The van der Waals surface area contributed by atoms with Crippen molar-refractivity contribution in [1.29, 1.82) is 0 Å². The molecule has 0 aliphatic heterocycles. The van der Waals surface area contributed by atoms with Gasteiger partial charge in [0.25, 0.3) is 0 Å². The SMILES string of the molecule is Cc1cc(C(=O)O)ccc1-c1ccc(/C=C\C(N)=O)o1. The van der Waals surface area contributed by atoms with Crippen LogP contribution in [-0.2, 0) is 4.79 Å². The van der Waals surface area contributed by atoms with Gasteiger partial charge >= 0.3 is 5.97 Å². The Morgan fingerprint density at radius 3 is 2.60 bits per heavy atom. The van der Waals surface area contributed by atoms with E-state index in [2.05, 4.69) is 0 Å². The van der Waals surface area contributed by atoms with Crippen LogP contribution in [0, 0.1) is 6.92 Å². The molecule has 0 spiro atoms. The van der Waals surface area contributed by atoms with Crippen LogP contribution < -0.4 is 5.73 Å². The fourth-order valence-corrected chi connectivity index (χ4v) is 1.82. The molecule has 1 aromatic heterocycles. The number of amides is 1. The third-order valence-corrected chi connectivity index (χ3v) is 2.78. The molecule has 3 N–H and O–H groups in total. The summed E-state index contributed by atoms with van der Waals surface area (Å²) < 4.78 is 5.56. The Kier molecular flexibility index (Phi) is 3.70. The molecule has 1 heterocycles. The molecular formula is C15H13NO4. The van der Waals surface area contributed by atoms with Crippen molar-refractivity contribution in [2.75, 3.05) is 0 Å². The van der Waals surface area contributed by atoms with Gasteiger partial charge in [-0.05, 0) is 42.8 Å². The highest BCUT2D eigenvalue weighted by Gasteiger charge is 2.10. The number of rotatable bonds is 4. The highest BCUT2D eigenvalue weighted by molar-refractivity contribution is 5.90. The topological polar surface area (TPSA) is 93.5 Å². The Bertz CT molecular complexity index is 698. The lowest BCUT2D eigenvalue weighted by Crippen LogP contribution is -2.04. The number of carboxylic acid groups (broad SMARTS) is 1. The summed E-state index contributed by atoms with van der Waals surface area (Å²) in [6.45, 7) is 1.81. The van der Waals surface area contributed by atoms with Gasteiger partial charge in [0, 0.05) is 11.6 Å². The van der Waals surface area contributed by atoms with Crippen molar-refractivity contribution >= 4 is 18.0 Å². The molecule has 0 atom stereocenters. The normalized spacial score (nSPS) is 10.8. The minimum atomic E-state index is -0.968. The molecule has 0 aliphatic carbocycles. The molecule has 1 amide bonds. The quantitative estimate of drug-likeness (QED) is 0.835. The summed E-state index contributed by atoms with van der Waals surface area (Å²) in [7, 11) is 0. The maximum Gasteiger partial charge on any atom is 0.335 e. The summed E-state index contributed by atoms with van der Waals surface area (Å²) in [5.41, 5.74) is 6.83. The Hall–Kier alpha value is -2.82. The number of hydrogen-bond donors (Lipinski definition) is 2. The first-order chi connectivity index (χ1) is 9.47. The van der Waals surface area contributed by atoms with E-state index in [1.54, 1.807) is 24.3 Å². The summed E-state index contributed by atoms with van der Waals surface area (Å²) in [6.07, 6.45) is 2.69. The Morgan fingerprint density at radius 2 is 2.00 bits per heavy atom. The van der Waals surface area contributed by atoms with E-state index in [0.717, 1.165) is 11.1 Å². The zero-order chi connectivity index (χ0) is 14.7. The molecule has 0 radical (unpaired) electrons. The lowest BCUT2D eigenvalue weighted by Gasteiger charge is -2.03. The Labute approximate surface area is 115 Å². The van der Waals surface area contributed by atoms with E-state index >= 15 is 0 Å². The molecular weight excluding hydrogens is 258 g/mol. The third kappa shape index (κ3) is 2.95. The largest absolute Gasteiger partial charge is 0.478 e. The molecule has 102 valence electrons. The smallest absolute Gasteiger partial charge is 0.335 e. The van der Waals surface area contributed by atoms with Gasteiger partial charge in [0.1, 0.15) is 11.5 Å². The van der Waals surface area contributed by atoms with Crippen molar-refractivity contribution in [2.45, 2.75) is 6.92 Å². The van der Waals surface area contributed by atoms with Crippen LogP contribution in [-0.4, -0.2) is 17.0 Å². The molecule has 1 aromatic carbocycles. The monoisotopic (exact) mass is 271 g/mol. The van der Waals surface area contributed by atoms with Crippen LogP contribution in [0.1, 0.15) is 21.7 Å². The van der Waals surface area contributed by atoms with Crippen molar-refractivity contribution in [3.63, 3.8) is 0 Å². The number of carbonyl (C=O) groups excluding carboxylic acids is 1. The number of carboxylic acids is 1. The number of aromatic carboxylic acids is 1. The second-order valence-corrected chi connectivity index (χ2v) is 4.27. The van der Waals surface area contributed by atoms with Crippen LogP contribution in [0.15, 0.2) is 40.8 Å². The highest BCUT2D eigenvalue weighted by atomic mass is 16.4. The maximum absolute atomic E-state index is 10.9. The van der Waals surface area contributed by atoms with Gasteiger partial charge in [-0.25, -0.2) is 4.79 Å². The predicted octanol–water partition coefficient (Wildman–Crippen LogP) is 2.45. The van der Waals surface area contributed by atoms with Crippen molar-refractivity contribution in [1.82, 2.24) is 0 Å². The van der Waals surface area contributed by atoms with E-state index < -0.39 is 11.9 Å². The second-order valence-electron chi connectivity index (χ2n) is 4.27. The van der Waals surface area contributed by atoms with Crippen LogP contribution in [0.4, 0.5) is 0 Å². The van der Waals surface area contributed by atoms with E-state index in [-0.39, 0.29) is 5.56 Å². The maximum atomic E-state index is 10.9. The fraction of sp³-hybridized carbons (Fsp3) is 0.0667. The van der Waals surface area contributed by atoms with Crippen LogP contribution in [0.5, 0.6) is 0 Å². The van der Waals surface area contributed by atoms with Crippen molar-refractivity contribution in [3.8, 4) is 11.3 Å². The average Bonchev–Trinajstić information content (AvgIpc) is 2.84. The summed E-state index contributed by atoms with van der Waals surface area (Å²) in [4.78, 5) is 21.5. The van der Waals surface area contributed by atoms with Gasteiger partial charge < -0.3 is 15.3 Å². The number of primary amides is 1. The van der Waals surface area contributed by atoms with Gasteiger partial charge in [-0.15, -0.1) is 0 Å². The number of hydrogen-bond acceptors (Lipinski definition) is 3. The van der Waals surface area contributed by atoms with Crippen LogP contribution in [0.25, 0.3) is 17.4 Å². The van der Waals surface area contributed by atoms with Gasteiger partial charge in [0.05, 0.1) is 5.56 Å². The molecule has 0 bridgehead atoms. The van der Waals surface area contributed by atoms with Crippen LogP contribution in [0.3, 0.4) is 0 Å². The van der Waals surface area contributed by atoms with Crippen LogP contribution >= 0.6 is 0 Å². The highest BCUT2D eigenvalue weighted by Crippen LogP contribution is 2.26. The molecule has 20 heavy (non-hydrogen) atoms.